The molecule has 7 heteroatoms. The lowest BCUT2D eigenvalue weighted by Crippen LogP contribution is -2.08. The Hall–Kier alpha value is -0.350. The SMILES string of the molecule is CCCC/C=C(/C(O)c1ccc(Cl)cc1Cl)P(=O)(OCC)OCC. The molecule has 1 aromatic carbocycles. The van der Waals surface area contributed by atoms with Crippen molar-refractivity contribution in [2.24, 2.45) is 0 Å². The van der Waals surface area contributed by atoms with E-state index in [4.69, 9.17) is 32.2 Å². The van der Waals surface area contributed by atoms with Gasteiger partial charge in [-0.1, -0.05) is 55.1 Å². The van der Waals surface area contributed by atoms with E-state index in [1.165, 1.54) is 6.07 Å². The third kappa shape index (κ3) is 5.87. The van der Waals surface area contributed by atoms with Crippen LogP contribution in [0, 0.1) is 0 Å². The normalized spacial score (nSPS) is 14.0. The molecule has 0 aliphatic heterocycles. The summed E-state index contributed by atoms with van der Waals surface area (Å²) in [6.07, 6.45) is 3.11. The van der Waals surface area contributed by atoms with Gasteiger partial charge in [-0.05, 0) is 32.4 Å². The first kappa shape index (κ1) is 21.7. The number of unbranched alkanes of at least 4 members (excludes halogenated alkanes) is 2. The van der Waals surface area contributed by atoms with Crippen LogP contribution in [0.3, 0.4) is 0 Å². The van der Waals surface area contributed by atoms with Gasteiger partial charge in [-0.25, -0.2) is 0 Å². The van der Waals surface area contributed by atoms with Crippen LogP contribution in [0.15, 0.2) is 29.6 Å². The predicted molar refractivity (Wildman–Crippen MR) is 99.9 cm³/mol. The fourth-order valence-electron chi connectivity index (χ4n) is 2.24. The van der Waals surface area contributed by atoms with Crippen molar-refractivity contribution in [3.63, 3.8) is 0 Å². The van der Waals surface area contributed by atoms with Gasteiger partial charge in [0.15, 0.2) is 0 Å². The molecule has 0 saturated carbocycles. The summed E-state index contributed by atoms with van der Waals surface area (Å²) in [6, 6.07) is 4.78. The number of allylic oxidation sites excluding steroid dienone is 1. The Balaban J connectivity index is 3.30. The molecule has 0 amide bonds. The van der Waals surface area contributed by atoms with Gasteiger partial charge in [-0.3, -0.25) is 4.57 Å². The standard InChI is InChI=1S/C17H25Cl2O4P/c1-4-7-8-9-16(24(21,22-5-2)23-6-3)17(20)14-11-10-13(18)12-15(14)19/h9-12,17,20H,4-8H2,1-3H3/b16-9-. The van der Waals surface area contributed by atoms with E-state index in [1.807, 2.05) is 0 Å². The highest BCUT2D eigenvalue weighted by Crippen LogP contribution is 2.60. The first-order valence-electron chi connectivity index (χ1n) is 8.12. The van der Waals surface area contributed by atoms with Crippen LogP contribution in [0.5, 0.6) is 0 Å². The van der Waals surface area contributed by atoms with Crippen molar-refractivity contribution in [1.82, 2.24) is 0 Å². The van der Waals surface area contributed by atoms with E-state index in [9.17, 15) is 9.67 Å². The van der Waals surface area contributed by atoms with E-state index in [2.05, 4.69) is 6.92 Å². The number of rotatable bonds is 10. The van der Waals surface area contributed by atoms with E-state index in [0.29, 0.717) is 22.0 Å². The van der Waals surface area contributed by atoms with E-state index in [0.717, 1.165) is 12.8 Å². The van der Waals surface area contributed by atoms with Crippen molar-refractivity contribution in [3.05, 3.63) is 45.2 Å². The predicted octanol–water partition coefficient (Wildman–Crippen LogP) is 6.37. The number of halogens is 2. The molecule has 1 N–H and O–H groups in total. The van der Waals surface area contributed by atoms with Crippen molar-refractivity contribution >= 4 is 30.8 Å². The molecule has 0 heterocycles. The molecule has 0 aliphatic carbocycles. The molecule has 1 atom stereocenters. The molecule has 136 valence electrons. The second-order valence-electron chi connectivity index (χ2n) is 5.17. The van der Waals surface area contributed by atoms with Crippen LogP contribution in [0.2, 0.25) is 10.0 Å². The van der Waals surface area contributed by atoms with Crippen LogP contribution >= 0.6 is 30.8 Å². The Bertz CT molecular complexity index is 594. The fourth-order valence-corrected chi connectivity index (χ4v) is 4.59. The summed E-state index contributed by atoms with van der Waals surface area (Å²) in [5, 5.41) is 11.8. The van der Waals surface area contributed by atoms with Gasteiger partial charge in [0.1, 0.15) is 6.10 Å². The van der Waals surface area contributed by atoms with E-state index >= 15 is 0 Å². The highest BCUT2D eigenvalue weighted by atomic mass is 35.5. The van der Waals surface area contributed by atoms with E-state index in [-0.39, 0.29) is 18.5 Å². The number of aliphatic hydroxyl groups is 1. The van der Waals surface area contributed by atoms with Gasteiger partial charge in [0, 0.05) is 15.6 Å². The van der Waals surface area contributed by atoms with Crippen molar-refractivity contribution in [2.45, 2.75) is 46.1 Å². The van der Waals surface area contributed by atoms with Crippen LogP contribution in [0.1, 0.15) is 51.7 Å². The molecule has 0 spiro atoms. The Labute approximate surface area is 154 Å². The van der Waals surface area contributed by atoms with Crippen LogP contribution in [0.4, 0.5) is 0 Å². The topological polar surface area (TPSA) is 55.8 Å². The average molecular weight is 395 g/mol. The highest BCUT2D eigenvalue weighted by Gasteiger charge is 2.35. The largest absolute Gasteiger partial charge is 0.383 e. The first-order chi connectivity index (χ1) is 11.4. The van der Waals surface area contributed by atoms with Crippen LogP contribution in [0.25, 0.3) is 0 Å². The van der Waals surface area contributed by atoms with E-state index < -0.39 is 13.7 Å². The fraction of sp³-hybridized carbons (Fsp3) is 0.529. The minimum absolute atomic E-state index is 0.212. The zero-order valence-electron chi connectivity index (χ0n) is 14.3. The van der Waals surface area contributed by atoms with Crippen molar-refractivity contribution in [1.29, 1.82) is 0 Å². The van der Waals surface area contributed by atoms with Gasteiger partial charge in [0.05, 0.1) is 18.5 Å². The Morgan fingerprint density at radius 3 is 2.38 bits per heavy atom. The maximum Gasteiger partial charge on any atom is 0.359 e. The summed E-state index contributed by atoms with van der Waals surface area (Å²) < 4.78 is 24.0. The summed E-state index contributed by atoms with van der Waals surface area (Å²) in [5.74, 6) is 0. The molecule has 24 heavy (non-hydrogen) atoms. The number of hydrogen-bond donors (Lipinski definition) is 1. The molecule has 0 bridgehead atoms. The zero-order valence-corrected chi connectivity index (χ0v) is 16.7. The lowest BCUT2D eigenvalue weighted by molar-refractivity contribution is 0.192. The molecule has 4 nitrogen and oxygen atoms in total. The summed E-state index contributed by atoms with van der Waals surface area (Å²) in [5.41, 5.74) is 0.420. The van der Waals surface area contributed by atoms with Crippen molar-refractivity contribution in [3.8, 4) is 0 Å². The maximum atomic E-state index is 13.2. The van der Waals surface area contributed by atoms with Gasteiger partial charge in [-0.2, -0.15) is 0 Å². The maximum absolute atomic E-state index is 13.2. The second kappa shape index (κ2) is 10.6. The molecule has 0 saturated heterocycles. The Kier molecular flexibility index (Phi) is 9.58. The minimum atomic E-state index is -3.60. The molecule has 0 aliphatic rings. The number of hydrogen-bond acceptors (Lipinski definition) is 4. The van der Waals surface area contributed by atoms with Gasteiger partial charge in [0.2, 0.25) is 0 Å². The molecule has 0 fully saturated rings. The van der Waals surface area contributed by atoms with Gasteiger partial charge < -0.3 is 14.2 Å². The summed E-state index contributed by atoms with van der Waals surface area (Å²) >= 11 is 12.1. The van der Waals surface area contributed by atoms with Gasteiger partial charge in [-0.15, -0.1) is 0 Å². The van der Waals surface area contributed by atoms with Gasteiger partial charge in [0.25, 0.3) is 0 Å². The molecule has 0 radical (unpaired) electrons. The minimum Gasteiger partial charge on any atom is -0.383 e. The Morgan fingerprint density at radius 1 is 1.25 bits per heavy atom. The lowest BCUT2D eigenvalue weighted by Gasteiger charge is -2.24. The average Bonchev–Trinajstić information content (AvgIpc) is 2.51. The monoisotopic (exact) mass is 394 g/mol. The van der Waals surface area contributed by atoms with Crippen molar-refractivity contribution in [2.75, 3.05) is 13.2 Å². The van der Waals surface area contributed by atoms with Crippen LogP contribution in [-0.2, 0) is 13.6 Å². The molecular weight excluding hydrogens is 370 g/mol. The highest BCUT2D eigenvalue weighted by molar-refractivity contribution is 7.58. The van der Waals surface area contributed by atoms with Gasteiger partial charge >= 0.3 is 7.60 Å². The third-order valence-electron chi connectivity index (χ3n) is 3.36. The second-order valence-corrected chi connectivity index (χ2v) is 8.04. The molecule has 1 rings (SSSR count). The summed E-state index contributed by atoms with van der Waals surface area (Å²) in [6.45, 7) is 5.95. The first-order valence-corrected chi connectivity index (χ1v) is 10.4. The zero-order chi connectivity index (χ0) is 18.2. The smallest absolute Gasteiger partial charge is 0.359 e. The molecule has 1 aromatic rings. The third-order valence-corrected chi connectivity index (χ3v) is 6.18. The van der Waals surface area contributed by atoms with E-state index in [1.54, 1.807) is 32.1 Å². The quantitative estimate of drug-likeness (QED) is 0.370. The number of benzene rings is 1. The van der Waals surface area contributed by atoms with Crippen molar-refractivity contribution < 1.29 is 18.7 Å². The Morgan fingerprint density at radius 2 is 1.88 bits per heavy atom. The molecular formula is C17H25Cl2O4P. The molecule has 1 unspecified atom stereocenters. The number of aliphatic hydroxyl groups excluding tert-OH is 1. The molecule has 0 aromatic heterocycles. The van der Waals surface area contributed by atoms with Crippen LogP contribution in [-0.4, -0.2) is 18.3 Å². The summed E-state index contributed by atoms with van der Waals surface area (Å²) in [4.78, 5) is 0. The summed E-state index contributed by atoms with van der Waals surface area (Å²) in [7, 11) is -3.60. The lowest BCUT2D eigenvalue weighted by atomic mass is 10.1. The van der Waals surface area contributed by atoms with Crippen LogP contribution < -0.4 is 0 Å².